The topological polar surface area (TPSA) is 38.3 Å². The highest BCUT2D eigenvalue weighted by Gasteiger charge is 2.17. The SMILES string of the molecule is Cc1cccc(Cl)c1NC(=O)OC(C)(C)C. The van der Waals surface area contributed by atoms with Crippen molar-refractivity contribution in [3.8, 4) is 0 Å². The third-order valence-electron chi connectivity index (χ3n) is 1.85. The van der Waals surface area contributed by atoms with Crippen molar-refractivity contribution in [1.29, 1.82) is 0 Å². The molecular formula is C12H16ClNO2. The molecule has 0 fully saturated rings. The number of ether oxygens (including phenoxy) is 1. The zero-order chi connectivity index (χ0) is 12.3. The van der Waals surface area contributed by atoms with Crippen LogP contribution in [0.4, 0.5) is 10.5 Å². The Morgan fingerprint density at radius 1 is 1.38 bits per heavy atom. The predicted molar refractivity (Wildman–Crippen MR) is 66.0 cm³/mol. The Hall–Kier alpha value is -1.22. The highest BCUT2D eigenvalue weighted by atomic mass is 35.5. The van der Waals surface area contributed by atoms with Gasteiger partial charge in [0.1, 0.15) is 5.60 Å². The Labute approximate surface area is 101 Å². The lowest BCUT2D eigenvalue weighted by atomic mass is 10.2. The first-order valence-corrected chi connectivity index (χ1v) is 5.42. The van der Waals surface area contributed by atoms with E-state index in [1.165, 1.54) is 0 Å². The standard InChI is InChI=1S/C12H16ClNO2/c1-8-6-5-7-9(13)10(8)14-11(15)16-12(2,3)4/h5-7H,1-4H3,(H,14,15). The number of nitrogens with one attached hydrogen (secondary N) is 1. The van der Waals surface area contributed by atoms with Crippen molar-refractivity contribution in [3.05, 3.63) is 28.8 Å². The number of anilines is 1. The molecule has 0 radical (unpaired) electrons. The van der Waals surface area contributed by atoms with Gasteiger partial charge in [-0.3, -0.25) is 5.32 Å². The molecule has 0 aliphatic heterocycles. The normalized spacial score (nSPS) is 11.1. The number of para-hydroxylation sites is 1. The van der Waals surface area contributed by atoms with Crippen LogP contribution in [0, 0.1) is 6.92 Å². The zero-order valence-electron chi connectivity index (χ0n) is 9.93. The fourth-order valence-electron chi connectivity index (χ4n) is 1.20. The molecule has 0 saturated heterocycles. The summed E-state index contributed by atoms with van der Waals surface area (Å²) in [6.07, 6.45) is -0.497. The third-order valence-corrected chi connectivity index (χ3v) is 2.16. The van der Waals surface area contributed by atoms with Crippen molar-refractivity contribution in [1.82, 2.24) is 0 Å². The van der Waals surface area contributed by atoms with Crippen molar-refractivity contribution in [2.75, 3.05) is 5.32 Å². The molecule has 0 heterocycles. The van der Waals surface area contributed by atoms with Crippen LogP contribution in [0.3, 0.4) is 0 Å². The summed E-state index contributed by atoms with van der Waals surface area (Å²) in [5.74, 6) is 0. The monoisotopic (exact) mass is 241 g/mol. The lowest BCUT2D eigenvalue weighted by Gasteiger charge is -2.20. The van der Waals surface area contributed by atoms with Gasteiger partial charge < -0.3 is 4.74 Å². The molecular weight excluding hydrogens is 226 g/mol. The van der Waals surface area contributed by atoms with E-state index in [9.17, 15) is 4.79 Å². The van der Waals surface area contributed by atoms with E-state index in [1.807, 2.05) is 39.8 Å². The summed E-state index contributed by atoms with van der Waals surface area (Å²) in [6.45, 7) is 7.31. The maximum absolute atomic E-state index is 11.5. The molecule has 1 rings (SSSR count). The molecule has 0 aliphatic rings. The minimum Gasteiger partial charge on any atom is -0.444 e. The molecule has 88 valence electrons. The highest BCUT2D eigenvalue weighted by molar-refractivity contribution is 6.33. The van der Waals surface area contributed by atoms with Crippen LogP contribution in [0.25, 0.3) is 0 Å². The van der Waals surface area contributed by atoms with Crippen LogP contribution in [0.2, 0.25) is 5.02 Å². The van der Waals surface area contributed by atoms with Gasteiger partial charge in [-0.25, -0.2) is 4.79 Å². The first-order valence-electron chi connectivity index (χ1n) is 5.05. The number of hydrogen-bond acceptors (Lipinski definition) is 2. The van der Waals surface area contributed by atoms with Gasteiger partial charge in [-0.2, -0.15) is 0 Å². The van der Waals surface area contributed by atoms with Gasteiger partial charge in [-0.05, 0) is 39.3 Å². The van der Waals surface area contributed by atoms with Crippen LogP contribution < -0.4 is 5.32 Å². The molecule has 1 aromatic carbocycles. The average Bonchev–Trinajstić information content (AvgIpc) is 2.08. The first-order chi connectivity index (χ1) is 7.29. The smallest absolute Gasteiger partial charge is 0.412 e. The van der Waals surface area contributed by atoms with E-state index in [4.69, 9.17) is 16.3 Å². The lowest BCUT2D eigenvalue weighted by molar-refractivity contribution is 0.0636. The molecule has 0 aliphatic carbocycles. The Balaban J connectivity index is 2.78. The van der Waals surface area contributed by atoms with Gasteiger partial charge >= 0.3 is 6.09 Å². The molecule has 0 spiro atoms. The van der Waals surface area contributed by atoms with Crippen LogP contribution in [0.1, 0.15) is 26.3 Å². The molecule has 0 aromatic heterocycles. The maximum Gasteiger partial charge on any atom is 0.412 e. The molecule has 16 heavy (non-hydrogen) atoms. The molecule has 0 bridgehead atoms. The number of halogens is 1. The number of amides is 1. The molecule has 0 unspecified atom stereocenters. The summed E-state index contributed by atoms with van der Waals surface area (Å²) in [4.78, 5) is 11.5. The van der Waals surface area contributed by atoms with E-state index in [1.54, 1.807) is 6.07 Å². The minimum atomic E-state index is -0.515. The zero-order valence-corrected chi connectivity index (χ0v) is 10.7. The molecule has 3 nitrogen and oxygen atoms in total. The highest BCUT2D eigenvalue weighted by Crippen LogP contribution is 2.25. The molecule has 0 saturated carbocycles. The number of aryl methyl sites for hydroxylation is 1. The van der Waals surface area contributed by atoms with Crippen LogP contribution in [0.5, 0.6) is 0 Å². The van der Waals surface area contributed by atoms with Crippen LogP contribution in [-0.2, 0) is 4.74 Å². The summed E-state index contributed by atoms with van der Waals surface area (Å²) in [6, 6.07) is 5.43. The predicted octanol–water partition coefficient (Wildman–Crippen LogP) is 4.00. The molecule has 1 aromatic rings. The Kier molecular flexibility index (Phi) is 3.81. The van der Waals surface area contributed by atoms with E-state index in [0.29, 0.717) is 10.7 Å². The fraction of sp³-hybridized carbons (Fsp3) is 0.417. The minimum absolute atomic E-state index is 0.497. The summed E-state index contributed by atoms with van der Waals surface area (Å²) < 4.78 is 5.14. The summed E-state index contributed by atoms with van der Waals surface area (Å²) in [7, 11) is 0. The van der Waals surface area contributed by atoms with Gasteiger partial charge in [0.15, 0.2) is 0 Å². The quantitative estimate of drug-likeness (QED) is 0.807. The summed E-state index contributed by atoms with van der Waals surface area (Å²) in [5, 5.41) is 3.15. The average molecular weight is 242 g/mol. The van der Waals surface area contributed by atoms with Gasteiger partial charge in [-0.1, -0.05) is 23.7 Å². The van der Waals surface area contributed by atoms with E-state index in [2.05, 4.69) is 5.32 Å². The third kappa shape index (κ3) is 3.74. The Morgan fingerprint density at radius 2 is 2.00 bits per heavy atom. The largest absolute Gasteiger partial charge is 0.444 e. The van der Waals surface area contributed by atoms with E-state index < -0.39 is 11.7 Å². The summed E-state index contributed by atoms with van der Waals surface area (Å²) >= 11 is 5.97. The number of rotatable bonds is 1. The van der Waals surface area contributed by atoms with Crippen LogP contribution in [0.15, 0.2) is 18.2 Å². The van der Waals surface area contributed by atoms with Crippen molar-refractivity contribution in [2.24, 2.45) is 0 Å². The Morgan fingerprint density at radius 3 is 2.50 bits per heavy atom. The number of hydrogen-bond donors (Lipinski definition) is 1. The van der Waals surface area contributed by atoms with Crippen molar-refractivity contribution >= 4 is 23.4 Å². The van der Waals surface area contributed by atoms with Crippen LogP contribution in [-0.4, -0.2) is 11.7 Å². The Bertz CT molecular complexity index is 376. The van der Waals surface area contributed by atoms with Gasteiger partial charge in [0.05, 0.1) is 10.7 Å². The van der Waals surface area contributed by atoms with Crippen molar-refractivity contribution < 1.29 is 9.53 Å². The number of carbonyl (C=O) groups is 1. The van der Waals surface area contributed by atoms with Crippen LogP contribution >= 0.6 is 11.6 Å². The first kappa shape index (κ1) is 12.8. The van der Waals surface area contributed by atoms with E-state index >= 15 is 0 Å². The molecule has 1 N–H and O–H groups in total. The van der Waals surface area contributed by atoms with Gasteiger partial charge in [0.2, 0.25) is 0 Å². The molecule has 0 atom stereocenters. The molecule has 4 heteroatoms. The number of carbonyl (C=O) groups excluding carboxylic acids is 1. The van der Waals surface area contributed by atoms with Crippen molar-refractivity contribution in [2.45, 2.75) is 33.3 Å². The van der Waals surface area contributed by atoms with E-state index in [-0.39, 0.29) is 0 Å². The number of benzene rings is 1. The van der Waals surface area contributed by atoms with Gasteiger partial charge in [-0.15, -0.1) is 0 Å². The second-order valence-corrected chi connectivity index (χ2v) is 4.97. The molecule has 1 amide bonds. The lowest BCUT2D eigenvalue weighted by Crippen LogP contribution is -2.27. The fourth-order valence-corrected chi connectivity index (χ4v) is 1.46. The summed E-state index contributed by atoms with van der Waals surface area (Å²) in [5.41, 5.74) is 0.982. The van der Waals surface area contributed by atoms with E-state index in [0.717, 1.165) is 5.56 Å². The van der Waals surface area contributed by atoms with Gasteiger partial charge in [0.25, 0.3) is 0 Å². The maximum atomic E-state index is 11.5. The second-order valence-electron chi connectivity index (χ2n) is 4.56. The van der Waals surface area contributed by atoms with Crippen molar-refractivity contribution in [3.63, 3.8) is 0 Å². The van der Waals surface area contributed by atoms with Gasteiger partial charge in [0, 0.05) is 0 Å². The second kappa shape index (κ2) is 4.74.